The van der Waals surface area contributed by atoms with Crippen LogP contribution in [-0.4, -0.2) is 17.5 Å². The Hall–Kier alpha value is -1.34. The third kappa shape index (κ3) is 5.75. The van der Waals surface area contributed by atoms with Gasteiger partial charge in [-0.1, -0.05) is 35.9 Å². The van der Waals surface area contributed by atoms with Crippen molar-refractivity contribution in [2.75, 3.05) is 11.9 Å². The summed E-state index contributed by atoms with van der Waals surface area (Å²) in [5, 5.41) is 3.53. The van der Waals surface area contributed by atoms with E-state index in [4.69, 9.17) is 17.3 Å². The summed E-state index contributed by atoms with van der Waals surface area (Å²) in [6.07, 6.45) is 2.53. The van der Waals surface area contributed by atoms with Crippen molar-refractivity contribution in [2.45, 2.75) is 6.42 Å². The van der Waals surface area contributed by atoms with Crippen molar-refractivity contribution in [3.8, 4) is 0 Å². The van der Waals surface area contributed by atoms with Gasteiger partial charge in [0, 0.05) is 18.4 Å². The van der Waals surface area contributed by atoms with Gasteiger partial charge in [0.05, 0.1) is 0 Å². The first-order chi connectivity index (χ1) is 9.24. The summed E-state index contributed by atoms with van der Waals surface area (Å²) >= 11 is 5.72. The number of nitrogens with one attached hydrogen (secondary N) is 1. The molecule has 0 spiro atoms. The van der Waals surface area contributed by atoms with Crippen LogP contribution in [0.4, 0.5) is 5.69 Å². The minimum atomic E-state index is 0. The highest BCUT2D eigenvalue weighted by Gasteiger charge is 1.96. The van der Waals surface area contributed by atoms with Crippen molar-refractivity contribution in [3.63, 3.8) is 0 Å². The number of hydrogen-bond acceptors (Lipinski definition) is 2. The van der Waals surface area contributed by atoms with E-state index in [1.54, 1.807) is 12.3 Å². The summed E-state index contributed by atoms with van der Waals surface area (Å²) in [6.45, 7) is 0.606. The number of anilines is 1. The molecule has 0 radical (unpaired) electrons. The van der Waals surface area contributed by atoms with Crippen LogP contribution in [0.15, 0.2) is 53.7 Å². The molecule has 4 nitrogen and oxygen atoms in total. The molecule has 0 saturated heterocycles. The predicted octanol–water partition coefficient (Wildman–Crippen LogP) is 3.32. The van der Waals surface area contributed by atoms with Crippen LogP contribution in [0, 0.1) is 0 Å². The molecule has 2 aromatic rings. The van der Waals surface area contributed by atoms with Crippen LogP contribution in [0.5, 0.6) is 0 Å². The Morgan fingerprint density at radius 3 is 2.60 bits per heavy atom. The van der Waals surface area contributed by atoms with Crippen molar-refractivity contribution < 1.29 is 0 Å². The average Bonchev–Trinajstić information content (AvgIpc) is 2.42. The van der Waals surface area contributed by atoms with Crippen LogP contribution in [0.3, 0.4) is 0 Å². The third-order valence-corrected chi connectivity index (χ3v) is 2.74. The molecule has 1 aromatic carbocycles. The highest BCUT2D eigenvalue weighted by molar-refractivity contribution is 14.0. The number of pyridine rings is 1. The first-order valence-electron chi connectivity index (χ1n) is 5.96. The van der Waals surface area contributed by atoms with Crippen molar-refractivity contribution in [1.82, 2.24) is 4.98 Å². The van der Waals surface area contributed by atoms with E-state index < -0.39 is 0 Å². The molecule has 0 atom stereocenters. The lowest BCUT2D eigenvalue weighted by molar-refractivity contribution is 0.955. The quantitative estimate of drug-likeness (QED) is 0.357. The fourth-order valence-electron chi connectivity index (χ4n) is 1.57. The Kier molecular flexibility index (Phi) is 7.32. The number of nitrogens with two attached hydrogens (primary N) is 1. The number of rotatable bonds is 4. The van der Waals surface area contributed by atoms with Gasteiger partial charge in [0.1, 0.15) is 5.15 Å². The third-order valence-electron chi connectivity index (χ3n) is 2.52. The zero-order valence-corrected chi connectivity index (χ0v) is 13.9. The standard InChI is InChI=1S/C14H15ClN4.HI/c15-13-7-6-11(10-18-13)8-9-17-14(16)19-12-4-2-1-3-5-12;/h1-7,10H,8-9H2,(H3,16,17,19);1H. The van der Waals surface area contributed by atoms with Crippen LogP contribution in [-0.2, 0) is 6.42 Å². The van der Waals surface area contributed by atoms with E-state index in [1.165, 1.54) is 0 Å². The molecule has 0 fully saturated rings. The first kappa shape index (κ1) is 16.7. The molecule has 1 aromatic heterocycles. The van der Waals surface area contributed by atoms with E-state index in [0.29, 0.717) is 17.7 Å². The van der Waals surface area contributed by atoms with Gasteiger partial charge >= 0.3 is 0 Å². The lowest BCUT2D eigenvalue weighted by Gasteiger charge is -2.05. The molecule has 0 saturated carbocycles. The normalized spacial score (nSPS) is 10.8. The van der Waals surface area contributed by atoms with Gasteiger partial charge in [0.15, 0.2) is 5.96 Å². The van der Waals surface area contributed by atoms with Gasteiger partial charge in [-0.2, -0.15) is 0 Å². The SMILES string of the molecule is I.NC(=NCCc1ccc(Cl)nc1)Nc1ccccc1. The van der Waals surface area contributed by atoms with E-state index in [0.717, 1.165) is 17.7 Å². The summed E-state index contributed by atoms with van der Waals surface area (Å²) in [6, 6.07) is 13.4. The zero-order chi connectivity index (χ0) is 13.5. The monoisotopic (exact) mass is 402 g/mol. The van der Waals surface area contributed by atoms with Crippen molar-refractivity contribution >= 4 is 47.2 Å². The summed E-state index contributed by atoms with van der Waals surface area (Å²) in [4.78, 5) is 8.27. The van der Waals surface area contributed by atoms with Gasteiger partial charge in [-0.3, -0.25) is 4.99 Å². The van der Waals surface area contributed by atoms with E-state index in [2.05, 4.69) is 15.3 Å². The van der Waals surface area contributed by atoms with Crippen molar-refractivity contribution in [1.29, 1.82) is 0 Å². The molecular formula is C14H16ClIN4. The Balaban J connectivity index is 0.00000200. The van der Waals surface area contributed by atoms with Crippen LogP contribution in [0.25, 0.3) is 0 Å². The first-order valence-corrected chi connectivity index (χ1v) is 6.34. The second kappa shape index (κ2) is 8.76. The smallest absolute Gasteiger partial charge is 0.193 e. The second-order valence-electron chi connectivity index (χ2n) is 4.00. The maximum atomic E-state index is 5.80. The van der Waals surface area contributed by atoms with Gasteiger partial charge in [0.2, 0.25) is 0 Å². The lowest BCUT2D eigenvalue weighted by Crippen LogP contribution is -2.23. The Morgan fingerprint density at radius 2 is 1.95 bits per heavy atom. The van der Waals surface area contributed by atoms with Gasteiger partial charge < -0.3 is 11.1 Å². The summed E-state index contributed by atoms with van der Waals surface area (Å²) in [7, 11) is 0. The molecule has 20 heavy (non-hydrogen) atoms. The van der Waals surface area contributed by atoms with E-state index in [1.807, 2.05) is 36.4 Å². The number of guanidine groups is 1. The number of aliphatic imine (C=N–C) groups is 1. The van der Waals surface area contributed by atoms with Crippen LogP contribution < -0.4 is 11.1 Å². The molecular weight excluding hydrogens is 387 g/mol. The molecule has 6 heteroatoms. The van der Waals surface area contributed by atoms with Crippen molar-refractivity contribution in [3.05, 3.63) is 59.4 Å². The molecule has 106 valence electrons. The number of halogens is 2. The van der Waals surface area contributed by atoms with Crippen LogP contribution in [0.1, 0.15) is 5.56 Å². The highest BCUT2D eigenvalue weighted by Crippen LogP contribution is 2.06. The van der Waals surface area contributed by atoms with Crippen molar-refractivity contribution in [2.24, 2.45) is 10.7 Å². The van der Waals surface area contributed by atoms with Gasteiger partial charge in [-0.15, -0.1) is 24.0 Å². The van der Waals surface area contributed by atoms with E-state index in [9.17, 15) is 0 Å². The zero-order valence-electron chi connectivity index (χ0n) is 10.8. The number of hydrogen-bond donors (Lipinski definition) is 2. The minimum absolute atomic E-state index is 0. The number of nitrogens with zero attached hydrogens (tertiary/aromatic N) is 2. The Morgan fingerprint density at radius 1 is 1.20 bits per heavy atom. The maximum absolute atomic E-state index is 5.80. The number of aromatic nitrogens is 1. The second-order valence-corrected chi connectivity index (χ2v) is 4.38. The molecule has 0 aliphatic rings. The largest absolute Gasteiger partial charge is 0.370 e. The van der Waals surface area contributed by atoms with Crippen LogP contribution in [0.2, 0.25) is 5.15 Å². The highest BCUT2D eigenvalue weighted by atomic mass is 127. The van der Waals surface area contributed by atoms with Gasteiger partial charge in [-0.05, 0) is 30.2 Å². The minimum Gasteiger partial charge on any atom is -0.370 e. The molecule has 0 amide bonds. The number of para-hydroxylation sites is 1. The number of benzene rings is 1. The molecule has 0 aliphatic heterocycles. The lowest BCUT2D eigenvalue weighted by atomic mass is 10.2. The Bertz CT molecular complexity index is 543. The molecule has 0 aliphatic carbocycles. The average molecular weight is 403 g/mol. The Labute approximate surface area is 140 Å². The fraction of sp³-hybridized carbons (Fsp3) is 0.143. The molecule has 0 bridgehead atoms. The van der Waals surface area contributed by atoms with Gasteiger partial charge in [0.25, 0.3) is 0 Å². The van der Waals surface area contributed by atoms with E-state index in [-0.39, 0.29) is 24.0 Å². The molecule has 3 N–H and O–H groups in total. The van der Waals surface area contributed by atoms with Crippen LogP contribution >= 0.6 is 35.6 Å². The molecule has 1 heterocycles. The summed E-state index contributed by atoms with van der Waals surface area (Å²) in [5.41, 5.74) is 7.81. The fourth-order valence-corrected chi connectivity index (χ4v) is 1.68. The summed E-state index contributed by atoms with van der Waals surface area (Å²) < 4.78 is 0. The topological polar surface area (TPSA) is 63.3 Å². The maximum Gasteiger partial charge on any atom is 0.193 e. The molecule has 2 rings (SSSR count). The van der Waals surface area contributed by atoms with E-state index >= 15 is 0 Å². The predicted molar refractivity (Wildman–Crippen MR) is 94.9 cm³/mol. The van der Waals surface area contributed by atoms with Gasteiger partial charge in [-0.25, -0.2) is 4.98 Å². The molecule has 0 unspecified atom stereocenters. The summed E-state index contributed by atoms with van der Waals surface area (Å²) in [5.74, 6) is 0.410.